The molecule has 24 heavy (non-hydrogen) atoms. The average Bonchev–Trinajstić information content (AvgIpc) is 3.29. The van der Waals surface area contributed by atoms with E-state index in [1.165, 1.54) is 6.20 Å². The molecular weight excluding hydrogens is 304 g/mol. The molecule has 0 radical (unpaired) electrons. The maximum Gasteiger partial charge on any atom is 0.255 e. The van der Waals surface area contributed by atoms with Crippen molar-refractivity contribution in [2.75, 3.05) is 27.2 Å². The van der Waals surface area contributed by atoms with Crippen molar-refractivity contribution < 1.29 is 9.53 Å². The highest BCUT2D eigenvalue weighted by atomic mass is 16.5. The minimum absolute atomic E-state index is 0.0219. The van der Waals surface area contributed by atoms with Crippen LogP contribution in [-0.4, -0.2) is 66.1 Å². The Bertz CT molecular complexity index is 625. The molecule has 128 valence electrons. The molecule has 1 aromatic rings. The van der Waals surface area contributed by atoms with Crippen molar-refractivity contribution in [1.29, 1.82) is 5.26 Å². The van der Waals surface area contributed by atoms with Crippen LogP contribution in [0, 0.1) is 11.3 Å². The van der Waals surface area contributed by atoms with Crippen molar-refractivity contribution >= 4 is 5.91 Å². The number of aromatic nitrogens is 1. The van der Waals surface area contributed by atoms with Crippen LogP contribution in [0.15, 0.2) is 18.3 Å². The van der Waals surface area contributed by atoms with Crippen LogP contribution in [0.2, 0.25) is 0 Å². The number of hydrogen-bond acceptors (Lipinski definition) is 5. The molecule has 3 rings (SSSR count). The van der Waals surface area contributed by atoms with Gasteiger partial charge < -0.3 is 9.64 Å². The number of ether oxygens (including phenoxy) is 1. The standard InChI is InChI=1S/C18H24N4O2/c1-21(18(23)13-6-7-14(10-19)20-11-13)16-4-3-5-17(16)22-9-8-15(12-22)24-2/h6-7,11,15-17H,3-5,8-9,12H2,1-2H3/t15?,16-,17+/m1/s1. The van der Waals surface area contributed by atoms with Gasteiger partial charge in [-0.3, -0.25) is 9.69 Å². The Labute approximate surface area is 143 Å². The maximum atomic E-state index is 12.8. The molecule has 0 spiro atoms. The van der Waals surface area contributed by atoms with Crippen LogP contribution >= 0.6 is 0 Å². The minimum Gasteiger partial charge on any atom is -0.380 e. The van der Waals surface area contributed by atoms with Crippen molar-refractivity contribution in [2.24, 2.45) is 0 Å². The molecule has 0 bridgehead atoms. The lowest BCUT2D eigenvalue weighted by Crippen LogP contribution is -2.49. The summed E-state index contributed by atoms with van der Waals surface area (Å²) in [6.45, 7) is 2.00. The quantitative estimate of drug-likeness (QED) is 0.841. The minimum atomic E-state index is -0.0219. The van der Waals surface area contributed by atoms with Gasteiger partial charge in [-0.05, 0) is 37.8 Å². The first-order valence-electron chi connectivity index (χ1n) is 8.54. The Morgan fingerprint density at radius 1 is 1.42 bits per heavy atom. The van der Waals surface area contributed by atoms with Gasteiger partial charge in [0, 0.05) is 45.5 Å². The summed E-state index contributed by atoms with van der Waals surface area (Å²) < 4.78 is 5.48. The normalized spacial score (nSPS) is 27.1. The number of methoxy groups -OCH3 is 1. The number of amides is 1. The van der Waals surface area contributed by atoms with Crippen molar-refractivity contribution in [3.8, 4) is 6.07 Å². The predicted octanol–water partition coefficient (Wildman–Crippen LogP) is 1.67. The van der Waals surface area contributed by atoms with Crippen LogP contribution < -0.4 is 0 Å². The second kappa shape index (κ2) is 7.29. The zero-order valence-electron chi connectivity index (χ0n) is 14.3. The third kappa shape index (κ3) is 3.28. The molecule has 1 unspecified atom stereocenters. The summed E-state index contributed by atoms with van der Waals surface area (Å²) in [6.07, 6.45) is 6.19. The number of nitriles is 1. The van der Waals surface area contributed by atoms with Crippen molar-refractivity contribution in [3.05, 3.63) is 29.6 Å². The fourth-order valence-electron chi connectivity index (χ4n) is 3.99. The first kappa shape index (κ1) is 16.9. The third-order valence-corrected chi connectivity index (χ3v) is 5.37. The van der Waals surface area contributed by atoms with Gasteiger partial charge in [-0.2, -0.15) is 5.26 Å². The van der Waals surface area contributed by atoms with Crippen LogP contribution in [0.5, 0.6) is 0 Å². The summed E-state index contributed by atoms with van der Waals surface area (Å²) in [4.78, 5) is 21.1. The zero-order chi connectivity index (χ0) is 17.1. The molecule has 1 aliphatic heterocycles. The van der Waals surface area contributed by atoms with E-state index in [-0.39, 0.29) is 11.9 Å². The Kier molecular flexibility index (Phi) is 5.12. The van der Waals surface area contributed by atoms with Crippen molar-refractivity contribution in [2.45, 2.75) is 43.9 Å². The van der Waals surface area contributed by atoms with Crippen molar-refractivity contribution in [1.82, 2.24) is 14.8 Å². The summed E-state index contributed by atoms with van der Waals surface area (Å²) >= 11 is 0. The molecule has 1 saturated carbocycles. The lowest BCUT2D eigenvalue weighted by molar-refractivity contribution is 0.0605. The van der Waals surface area contributed by atoms with Crippen LogP contribution in [0.4, 0.5) is 0 Å². The lowest BCUT2D eigenvalue weighted by atomic mass is 10.1. The molecule has 1 saturated heterocycles. The third-order valence-electron chi connectivity index (χ3n) is 5.37. The zero-order valence-corrected chi connectivity index (χ0v) is 14.3. The highest BCUT2D eigenvalue weighted by Gasteiger charge is 2.39. The largest absolute Gasteiger partial charge is 0.380 e. The number of likely N-dealkylation sites (tertiary alicyclic amines) is 1. The Hall–Kier alpha value is -1.97. The highest BCUT2D eigenvalue weighted by Crippen LogP contribution is 2.31. The van der Waals surface area contributed by atoms with Gasteiger partial charge in [0.15, 0.2) is 0 Å². The Morgan fingerprint density at radius 3 is 2.88 bits per heavy atom. The van der Waals surface area contributed by atoms with Crippen LogP contribution in [0.25, 0.3) is 0 Å². The van der Waals surface area contributed by atoms with Gasteiger partial charge in [0.05, 0.1) is 11.7 Å². The SMILES string of the molecule is COC1CCN([C@H]2CCC[C@H]2N(C)C(=O)c2ccc(C#N)nc2)C1. The van der Waals surface area contributed by atoms with E-state index < -0.39 is 0 Å². The van der Waals surface area contributed by atoms with E-state index in [0.29, 0.717) is 23.4 Å². The lowest BCUT2D eigenvalue weighted by Gasteiger charge is -2.35. The molecule has 1 amide bonds. The van der Waals surface area contributed by atoms with Gasteiger partial charge in [-0.1, -0.05) is 0 Å². The summed E-state index contributed by atoms with van der Waals surface area (Å²) in [5.41, 5.74) is 0.869. The van der Waals surface area contributed by atoms with Gasteiger partial charge in [0.25, 0.3) is 5.91 Å². The Balaban J connectivity index is 1.69. The predicted molar refractivity (Wildman–Crippen MR) is 89.5 cm³/mol. The molecule has 2 fully saturated rings. The van der Waals surface area contributed by atoms with E-state index in [4.69, 9.17) is 10.00 Å². The van der Waals surface area contributed by atoms with E-state index in [1.54, 1.807) is 19.2 Å². The molecule has 1 aromatic heterocycles. The van der Waals surface area contributed by atoms with Crippen LogP contribution in [0.3, 0.4) is 0 Å². The summed E-state index contributed by atoms with van der Waals surface area (Å²) in [5.74, 6) is -0.0219. The second-order valence-corrected chi connectivity index (χ2v) is 6.67. The maximum absolute atomic E-state index is 12.8. The number of pyridine rings is 1. The van der Waals surface area contributed by atoms with Gasteiger partial charge in [0.2, 0.25) is 0 Å². The summed E-state index contributed by atoms with van der Waals surface area (Å²) in [5, 5.41) is 8.82. The van der Waals surface area contributed by atoms with Gasteiger partial charge in [0.1, 0.15) is 11.8 Å². The molecule has 2 heterocycles. The second-order valence-electron chi connectivity index (χ2n) is 6.67. The number of nitrogens with zero attached hydrogens (tertiary/aromatic N) is 4. The van der Waals surface area contributed by atoms with E-state index in [0.717, 1.165) is 38.8 Å². The van der Waals surface area contributed by atoms with Gasteiger partial charge >= 0.3 is 0 Å². The van der Waals surface area contributed by atoms with Gasteiger partial charge in [-0.15, -0.1) is 0 Å². The smallest absolute Gasteiger partial charge is 0.255 e. The monoisotopic (exact) mass is 328 g/mol. The molecule has 1 aliphatic carbocycles. The number of likely N-dealkylation sites (N-methyl/N-ethyl adjacent to an activating group) is 1. The first-order valence-corrected chi connectivity index (χ1v) is 8.54. The Morgan fingerprint density at radius 2 is 2.25 bits per heavy atom. The number of rotatable bonds is 4. The van der Waals surface area contributed by atoms with E-state index in [2.05, 4.69) is 9.88 Å². The molecule has 0 aromatic carbocycles. The molecule has 3 atom stereocenters. The van der Waals surface area contributed by atoms with Gasteiger partial charge in [-0.25, -0.2) is 4.98 Å². The molecular formula is C18H24N4O2. The average molecular weight is 328 g/mol. The topological polar surface area (TPSA) is 69.5 Å². The molecule has 6 nitrogen and oxygen atoms in total. The molecule has 2 aliphatic rings. The first-order chi connectivity index (χ1) is 11.6. The molecule has 6 heteroatoms. The fourth-order valence-corrected chi connectivity index (χ4v) is 3.99. The number of carbonyl (C=O) groups excluding carboxylic acids is 1. The highest BCUT2D eigenvalue weighted by molar-refractivity contribution is 5.94. The fraction of sp³-hybridized carbons (Fsp3) is 0.611. The van der Waals surface area contributed by atoms with E-state index >= 15 is 0 Å². The molecule has 0 N–H and O–H groups in total. The van der Waals surface area contributed by atoms with Crippen LogP contribution in [-0.2, 0) is 4.74 Å². The number of hydrogen-bond donors (Lipinski definition) is 0. The summed E-state index contributed by atoms with van der Waals surface area (Å²) in [6, 6.07) is 5.89. The summed E-state index contributed by atoms with van der Waals surface area (Å²) in [7, 11) is 3.65. The van der Waals surface area contributed by atoms with E-state index in [9.17, 15) is 4.79 Å². The van der Waals surface area contributed by atoms with Crippen molar-refractivity contribution in [3.63, 3.8) is 0 Å². The van der Waals surface area contributed by atoms with Crippen LogP contribution in [0.1, 0.15) is 41.7 Å². The number of carbonyl (C=O) groups is 1. The van der Waals surface area contributed by atoms with E-state index in [1.807, 2.05) is 18.0 Å².